The van der Waals surface area contributed by atoms with Crippen LogP contribution in [0.3, 0.4) is 0 Å². The second-order valence-corrected chi connectivity index (χ2v) is 8.12. The van der Waals surface area contributed by atoms with E-state index in [4.69, 9.17) is 0 Å². The summed E-state index contributed by atoms with van der Waals surface area (Å²) in [6.45, 7) is 0. The number of aryl methyl sites for hydroxylation is 1. The van der Waals surface area contributed by atoms with E-state index in [1.807, 2.05) is 73.9 Å². The number of nitrogens with zero attached hydrogens (tertiary/aromatic N) is 4. The maximum absolute atomic E-state index is 12.6. The maximum Gasteiger partial charge on any atom is 0.256 e. The van der Waals surface area contributed by atoms with Crippen LogP contribution in [0.15, 0.2) is 85.5 Å². The van der Waals surface area contributed by atoms with Crippen molar-refractivity contribution in [3.63, 3.8) is 0 Å². The quantitative estimate of drug-likeness (QED) is 0.369. The fraction of sp³-hybridized carbons (Fsp3) is 0.0370. The van der Waals surface area contributed by atoms with Crippen molar-refractivity contribution in [2.45, 2.75) is 0 Å². The van der Waals surface area contributed by atoms with Gasteiger partial charge in [-0.3, -0.25) is 9.78 Å². The van der Waals surface area contributed by atoms with E-state index < -0.39 is 0 Å². The van der Waals surface area contributed by atoms with E-state index in [-0.39, 0.29) is 5.91 Å². The summed E-state index contributed by atoms with van der Waals surface area (Å²) in [5, 5.41) is 7.28. The second-order valence-electron chi connectivity index (χ2n) is 8.12. The van der Waals surface area contributed by atoms with Crippen LogP contribution in [-0.2, 0) is 11.8 Å². The molecule has 2 N–H and O–H groups in total. The van der Waals surface area contributed by atoms with Gasteiger partial charge in [0.15, 0.2) is 0 Å². The summed E-state index contributed by atoms with van der Waals surface area (Å²) in [6, 6.07) is 19.5. The lowest BCUT2D eigenvalue weighted by Crippen LogP contribution is -2.03. The van der Waals surface area contributed by atoms with E-state index in [1.165, 1.54) is 0 Å². The van der Waals surface area contributed by atoms with Gasteiger partial charge in [-0.2, -0.15) is 0 Å². The molecule has 0 bridgehead atoms. The van der Waals surface area contributed by atoms with Gasteiger partial charge in [0.2, 0.25) is 5.95 Å². The van der Waals surface area contributed by atoms with Crippen molar-refractivity contribution < 1.29 is 4.79 Å². The number of amides is 1. The van der Waals surface area contributed by atoms with E-state index in [9.17, 15) is 4.79 Å². The minimum atomic E-state index is -0.0897. The third kappa shape index (κ3) is 3.49. The Balaban J connectivity index is 1.37. The van der Waals surface area contributed by atoms with Crippen molar-refractivity contribution in [1.82, 2.24) is 19.5 Å². The Bertz CT molecular complexity index is 1590. The van der Waals surface area contributed by atoms with Gasteiger partial charge >= 0.3 is 0 Å². The lowest BCUT2D eigenvalue weighted by molar-refractivity contribution is -0.110. The van der Waals surface area contributed by atoms with Gasteiger partial charge in [-0.25, -0.2) is 9.97 Å². The Labute approximate surface area is 195 Å². The number of hydrogen-bond donors (Lipinski definition) is 2. The second kappa shape index (κ2) is 7.97. The number of aromatic nitrogens is 4. The molecule has 1 aliphatic rings. The van der Waals surface area contributed by atoms with Gasteiger partial charge in [0, 0.05) is 76.4 Å². The van der Waals surface area contributed by atoms with Crippen LogP contribution in [0, 0.1) is 0 Å². The van der Waals surface area contributed by atoms with Crippen molar-refractivity contribution in [1.29, 1.82) is 0 Å². The smallest absolute Gasteiger partial charge is 0.256 e. The Kier molecular flexibility index (Phi) is 4.66. The molecule has 6 rings (SSSR count). The Morgan fingerprint density at radius 2 is 1.94 bits per heavy atom. The Morgan fingerprint density at radius 1 is 1.03 bits per heavy atom. The molecule has 7 nitrogen and oxygen atoms in total. The van der Waals surface area contributed by atoms with Gasteiger partial charge in [0.1, 0.15) is 0 Å². The van der Waals surface area contributed by atoms with Crippen LogP contribution in [0.5, 0.6) is 0 Å². The zero-order chi connectivity index (χ0) is 23.1. The van der Waals surface area contributed by atoms with Gasteiger partial charge in [0.25, 0.3) is 5.91 Å². The maximum atomic E-state index is 12.6. The molecular formula is C27H20N6O. The Morgan fingerprint density at radius 3 is 2.82 bits per heavy atom. The molecule has 0 unspecified atom stereocenters. The molecule has 164 valence electrons. The lowest BCUT2D eigenvalue weighted by atomic mass is 10.0. The molecule has 0 radical (unpaired) electrons. The van der Waals surface area contributed by atoms with Crippen molar-refractivity contribution >= 4 is 45.8 Å². The lowest BCUT2D eigenvalue weighted by Gasteiger charge is -2.07. The summed E-state index contributed by atoms with van der Waals surface area (Å²) < 4.78 is 2.06. The number of fused-ring (bicyclic) bond motifs is 2. The highest BCUT2D eigenvalue weighted by Crippen LogP contribution is 2.35. The van der Waals surface area contributed by atoms with Crippen LogP contribution in [0.2, 0.25) is 0 Å². The molecule has 2 aromatic carbocycles. The van der Waals surface area contributed by atoms with Gasteiger partial charge in [0.05, 0.1) is 5.69 Å². The van der Waals surface area contributed by atoms with Crippen molar-refractivity contribution in [3.8, 4) is 11.3 Å². The summed E-state index contributed by atoms with van der Waals surface area (Å²) in [5.74, 6) is 0.411. The molecule has 1 amide bonds. The zero-order valence-corrected chi connectivity index (χ0v) is 18.4. The van der Waals surface area contributed by atoms with E-state index in [0.717, 1.165) is 44.7 Å². The van der Waals surface area contributed by atoms with Crippen LogP contribution in [-0.4, -0.2) is 25.4 Å². The van der Waals surface area contributed by atoms with Crippen LogP contribution in [0.4, 0.5) is 17.3 Å². The fourth-order valence-corrected chi connectivity index (χ4v) is 4.28. The van der Waals surface area contributed by atoms with Crippen LogP contribution in [0.25, 0.3) is 33.8 Å². The molecule has 7 heteroatoms. The number of carbonyl (C=O) groups is 1. The number of para-hydroxylation sites is 1. The summed E-state index contributed by atoms with van der Waals surface area (Å²) in [4.78, 5) is 25.8. The minimum absolute atomic E-state index is 0.0897. The topological polar surface area (TPSA) is 84.7 Å². The zero-order valence-electron chi connectivity index (χ0n) is 18.4. The van der Waals surface area contributed by atoms with E-state index in [0.29, 0.717) is 11.5 Å². The first-order valence-electron chi connectivity index (χ1n) is 10.9. The molecule has 5 aromatic rings. The number of anilines is 3. The predicted octanol–water partition coefficient (Wildman–Crippen LogP) is 5.27. The normalized spacial score (nSPS) is 13.8. The number of nitrogens with one attached hydrogen (secondary N) is 2. The standard InChI is InChI=1S/C27H20N6O/c1-33-16-18(13-22-20-6-2-3-7-24(20)31-26(22)34)21-14-19(8-9-25(21)33)30-27-29-12-10-23(32-27)17-5-4-11-28-15-17/h2-16H,1H3,(H,31,34)(H,29,30,32)/b22-13+. The number of carbonyl (C=O) groups excluding carboxylic acids is 1. The van der Waals surface area contributed by atoms with Crippen molar-refractivity contribution in [2.24, 2.45) is 7.05 Å². The van der Waals surface area contributed by atoms with Gasteiger partial charge in [-0.05, 0) is 48.5 Å². The Hall–Kier alpha value is -4.78. The molecule has 0 fully saturated rings. The largest absolute Gasteiger partial charge is 0.350 e. The third-order valence-electron chi connectivity index (χ3n) is 5.90. The first-order valence-corrected chi connectivity index (χ1v) is 10.9. The fourth-order valence-electron chi connectivity index (χ4n) is 4.28. The number of rotatable bonds is 4. The van der Waals surface area contributed by atoms with E-state index in [1.54, 1.807) is 18.6 Å². The highest BCUT2D eigenvalue weighted by Gasteiger charge is 2.23. The van der Waals surface area contributed by atoms with Gasteiger partial charge in [-0.1, -0.05) is 18.2 Å². The summed E-state index contributed by atoms with van der Waals surface area (Å²) >= 11 is 0. The molecule has 4 heterocycles. The molecule has 3 aromatic heterocycles. The highest BCUT2D eigenvalue weighted by molar-refractivity contribution is 6.35. The molecule has 34 heavy (non-hydrogen) atoms. The predicted molar refractivity (Wildman–Crippen MR) is 134 cm³/mol. The van der Waals surface area contributed by atoms with Crippen molar-refractivity contribution in [3.05, 3.63) is 96.6 Å². The first-order chi connectivity index (χ1) is 16.7. The SMILES string of the molecule is Cn1cc(/C=C2/C(=O)Nc3ccccc32)c2cc(Nc3nccc(-c4cccnc4)n3)ccc21. The average Bonchev–Trinajstić information content (AvgIpc) is 3.35. The molecular weight excluding hydrogens is 424 g/mol. The average molecular weight is 444 g/mol. The first kappa shape index (κ1) is 19.9. The highest BCUT2D eigenvalue weighted by atomic mass is 16.2. The van der Waals surface area contributed by atoms with Crippen LogP contribution < -0.4 is 10.6 Å². The van der Waals surface area contributed by atoms with Crippen molar-refractivity contribution in [2.75, 3.05) is 10.6 Å². The summed E-state index contributed by atoms with van der Waals surface area (Å²) in [7, 11) is 2.00. The molecule has 0 spiro atoms. The van der Waals surface area contributed by atoms with Gasteiger partial charge < -0.3 is 15.2 Å². The number of hydrogen-bond acceptors (Lipinski definition) is 5. The molecule has 0 saturated heterocycles. The number of pyridine rings is 1. The van der Waals surface area contributed by atoms with E-state index >= 15 is 0 Å². The van der Waals surface area contributed by atoms with E-state index in [2.05, 4.69) is 36.2 Å². The summed E-state index contributed by atoms with van der Waals surface area (Å²) in [5.41, 5.74) is 7.03. The molecule has 0 atom stereocenters. The monoisotopic (exact) mass is 444 g/mol. The third-order valence-corrected chi connectivity index (χ3v) is 5.90. The number of benzene rings is 2. The minimum Gasteiger partial charge on any atom is -0.350 e. The molecule has 0 aliphatic carbocycles. The van der Waals surface area contributed by atoms with Crippen LogP contribution in [0.1, 0.15) is 11.1 Å². The summed E-state index contributed by atoms with van der Waals surface area (Å²) in [6.07, 6.45) is 9.23. The molecule has 1 aliphatic heterocycles. The van der Waals surface area contributed by atoms with Gasteiger partial charge in [-0.15, -0.1) is 0 Å². The van der Waals surface area contributed by atoms with Crippen LogP contribution >= 0.6 is 0 Å². The molecule has 0 saturated carbocycles.